The number of carbonyl (C=O) groups excluding carboxylic acids is 8. The van der Waals surface area contributed by atoms with Crippen molar-refractivity contribution in [1.82, 2.24) is 0 Å². The van der Waals surface area contributed by atoms with Gasteiger partial charge in [-0.15, -0.1) is 0 Å². The maximum atomic E-state index is 14.0. The zero-order valence-corrected chi connectivity index (χ0v) is 29.3. The quantitative estimate of drug-likeness (QED) is 0.178. The van der Waals surface area contributed by atoms with Crippen LogP contribution in [0.4, 0.5) is 0 Å². The molecule has 52 heavy (non-hydrogen) atoms. The van der Waals surface area contributed by atoms with Gasteiger partial charge in [-0.3, -0.25) is 28.8 Å². The molecule has 2 fully saturated rings. The lowest BCUT2D eigenvalue weighted by molar-refractivity contribution is -0.342. The first-order chi connectivity index (χ1) is 24.5. The van der Waals surface area contributed by atoms with E-state index in [1.165, 1.54) is 25.3 Å². The zero-order valence-electron chi connectivity index (χ0n) is 29.3. The molecule has 4 rings (SSSR count). The molecular weight excluding hydrogens is 696 g/mol. The Morgan fingerprint density at radius 1 is 0.769 bits per heavy atom. The zero-order chi connectivity index (χ0) is 38.4. The summed E-state index contributed by atoms with van der Waals surface area (Å²) < 4.78 is 55.3. The number of benzene rings is 1. The van der Waals surface area contributed by atoms with Crippen molar-refractivity contribution in [3.63, 3.8) is 0 Å². The monoisotopic (exact) mass is 734 g/mol. The van der Waals surface area contributed by atoms with Crippen LogP contribution in [0.3, 0.4) is 0 Å². The Labute approximate surface area is 296 Å². The molecule has 1 aromatic carbocycles. The third-order valence-electron chi connectivity index (χ3n) is 8.29. The van der Waals surface area contributed by atoms with E-state index in [1.807, 2.05) is 0 Å². The summed E-state index contributed by atoms with van der Waals surface area (Å²) in [6.45, 7) is 6.34. The van der Waals surface area contributed by atoms with E-state index < -0.39 is 114 Å². The number of methoxy groups -OCH3 is 1. The van der Waals surface area contributed by atoms with Gasteiger partial charge < -0.3 is 47.4 Å². The Morgan fingerprint density at radius 3 is 2.02 bits per heavy atom. The van der Waals surface area contributed by atoms with E-state index >= 15 is 0 Å². The van der Waals surface area contributed by atoms with Crippen molar-refractivity contribution < 1.29 is 85.7 Å². The predicted octanol–water partition coefficient (Wildman–Crippen LogP) is 1.49. The standard InChI is InChI=1S/C34H38O18/c1-14-23(40)11-21-22(31(41)43-7)12-45-33(26(14)21)52-34-30(29(49-19(6)39)28(48-18(5)38)25(50-34)13-44-15(2)35)51-32(42)20-9-8-10-24(46-16(3)36)27(20)47-17(4)37/h8-10,12,14,21,25-26,28-30,33-34H,11,13H2,1-7H3/t14-,21+,25+,26+,28+,29-,30+,33-,34-/m0/s1. The molecule has 3 aliphatic rings. The van der Waals surface area contributed by atoms with Crippen LogP contribution in [0.5, 0.6) is 11.5 Å². The first-order valence-electron chi connectivity index (χ1n) is 16.0. The summed E-state index contributed by atoms with van der Waals surface area (Å²) in [6.07, 6.45) is -8.60. The topological polar surface area (TPSA) is 229 Å². The van der Waals surface area contributed by atoms with Gasteiger partial charge in [0.2, 0.25) is 12.6 Å². The van der Waals surface area contributed by atoms with E-state index in [2.05, 4.69) is 0 Å². The lowest BCUT2D eigenvalue weighted by Gasteiger charge is -2.46. The second-order valence-corrected chi connectivity index (χ2v) is 12.0. The van der Waals surface area contributed by atoms with Gasteiger partial charge >= 0.3 is 41.8 Å². The van der Waals surface area contributed by atoms with Gasteiger partial charge in [0.25, 0.3) is 0 Å². The molecule has 18 heteroatoms. The van der Waals surface area contributed by atoms with Crippen molar-refractivity contribution in [1.29, 1.82) is 0 Å². The summed E-state index contributed by atoms with van der Waals surface area (Å²) in [5.41, 5.74) is -0.348. The molecule has 0 amide bonds. The molecule has 0 spiro atoms. The molecule has 282 valence electrons. The van der Waals surface area contributed by atoms with E-state index in [-0.39, 0.29) is 23.5 Å². The molecule has 0 bridgehead atoms. The number of ether oxygens (including phenoxy) is 10. The van der Waals surface area contributed by atoms with Crippen molar-refractivity contribution in [2.24, 2.45) is 17.8 Å². The van der Waals surface area contributed by atoms with Gasteiger partial charge in [0.15, 0.2) is 29.8 Å². The summed E-state index contributed by atoms with van der Waals surface area (Å²) in [6, 6.07) is 3.73. The SMILES string of the molecule is COC(=O)C1=CO[C@@H](O[C@@H]2O[C@H](COC(C)=O)[C@@H](OC(C)=O)[C@H](OC(C)=O)[C@H]2OC(=O)c2cccc(OC(C)=O)c2OC(C)=O)[C@H]2[C@@H]1CC(=O)[C@@H]2C. The molecule has 1 saturated carbocycles. The van der Waals surface area contributed by atoms with Crippen LogP contribution in [0.1, 0.15) is 58.3 Å². The van der Waals surface area contributed by atoms with Crippen LogP contribution < -0.4 is 9.47 Å². The maximum Gasteiger partial charge on any atom is 0.342 e. The van der Waals surface area contributed by atoms with Crippen LogP contribution in [0, 0.1) is 17.8 Å². The third-order valence-corrected chi connectivity index (χ3v) is 8.29. The van der Waals surface area contributed by atoms with E-state index in [1.54, 1.807) is 6.92 Å². The van der Waals surface area contributed by atoms with E-state index in [4.69, 9.17) is 47.4 Å². The van der Waals surface area contributed by atoms with Crippen LogP contribution in [0.25, 0.3) is 0 Å². The van der Waals surface area contributed by atoms with Crippen LogP contribution in [-0.2, 0) is 71.5 Å². The van der Waals surface area contributed by atoms with Gasteiger partial charge in [0.1, 0.15) is 24.1 Å². The molecule has 18 nitrogen and oxygen atoms in total. The van der Waals surface area contributed by atoms with Crippen LogP contribution in [0.2, 0.25) is 0 Å². The number of esters is 7. The fraction of sp³-hybridized carbons (Fsp3) is 0.529. The van der Waals surface area contributed by atoms with Crippen molar-refractivity contribution in [3.05, 3.63) is 35.6 Å². The molecule has 0 N–H and O–H groups in total. The van der Waals surface area contributed by atoms with Gasteiger partial charge in [-0.2, -0.15) is 0 Å². The van der Waals surface area contributed by atoms with Crippen molar-refractivity contribution >= 4 is 47.6 Å². The highest BCUT2D eigenvalue weighted by Gasteiger charge is 2.57. The van der Waals surface area contributed by atoms with Crippen molar-refractivity contribution in [3.8, 4) is 11.5 Å². The minimum atomic E-state index is -1.82. The first-order valence-corrected chi connectivity index (χ1v) is 16.0. The Hall–Kier alpha value is -5.36. The first kappa shape index (κ1) is 39.4. The normalized spacial score (nSPS) is 27.8. The summed E-state index contributed by atoms with van der Waals surface area (Å²) in [5.74, 6) is -9.44. The minimum absolute atomic E-state index is 0.0444. The van der Waals surface area contributed by atoms with Crippen LogP contribution in [0.15, 0.2) is 30.0 Å². The highest BCUT2D eigenvalue weighted by atomic mass is 16.8. The fourth-order valence-corrected chi connectivity index (χ4v) is 6.19. The third kappa shape index (κ3) is 9.10. The highest BCUT2D eigenvalue weighted by Crippen LogP contribution is 2.46. The number of carbonyl (C=O) groups is 8. The Morgan fingerprint density at radius 2 is 1.42 bits per heavy atom. The van der Waals surface area contributed by atoms with Crippen LogP contribution >= 0.6 is 0 Å². The number of para-hydroxylation sites is 1. The summed E-state index contributed by atoms with van der Waals surface area (Å²) in [7, 11) is 1.17. The summed E-state index contributed by atoms with van der Waals surface area (Å²) in [4.78, 5) is 99.8. The van der Waals surface area contributed by atoms with Gasteiger partial charge in [-0.25, -0.2) is 9.59 Å². The van der Waals surface area contributed by atoms with Gasteiger partial charge in [0, 0.05) is 58.8 Å². The predicted molar refractivity (Wildman–Crippen MR) is 166 cm³/mol. The molecule has 0 radical (unpaired) electrons. The molecule has 1 aliphatic carbocycles. The average Bonchev–Trinajstić information content (AvgIpc) is 3.36. The number of ketones is 1. The Balaban J connectivity index is 1.82. The second-order valence-electron chi connectivity index (χ2n) is 12.0. The van der Waals surface area contributed by atoms with Crippen LogP contribution in [-0.4, -0.2) is 98.3 Å². The van der Waals surface area contributed by atoms with E-state index in [0.29, 0.717) is 0 Å². The molecule has 1 aromatic rings. The number of rotatable bonds is 11. The molecule has 0 unspecified atom stereocenters. The largest absolute Gasteiger partial charge is 0.472 e. The summed E-state index contributed by atoms with van der Waals surface area (Å²) >= 11 is 0. The molecular formula is C34H38O18. The smallest absolute Gasteiger partial charge is 0.342 e. The number of fused-ring (bicyclic) bond motifs is 1. The molecule has 2 aliphatic heterocycles. The Bertz CT molecular complexity index is 1650. The second kappa shape index (κ2) is 16.8. The van der Waals surface area contributed by atoms with Crippen molar-refractivity contribution in [2.75, 3.05) is 13.7 Å². The maximum absolute atomic E-state index is 14.0. The molecule has 1 saturated heterocycles. The van der Waals surface area contributed by atoms with Gasteiger partial charge in [-0.1, -0.05) is 13.0 Å². The number of Topliss-reactive ketones (excluding diaryl/α,β-unsaturated/α-hetero) is 1. The van der Waals surface area contributed by atoms with Gasteiger partial charge in [-0.05, 0) is 12.1 Å². The fourth-order valence-electron chi connectivity index (χ4n) is 6.19. The number of hydrogen-bond acceptors (Lipinski definition) is 18. The van der Waals surface area contributed by atoms with E-state index in [0.717, 1.165) is 40.9 Å². The highest BCUT2D eigenvalue weighted by molar-refractivity contribution is 5.95. The lowest BCUT2D eigenvalue weighted by Crippen LogP contribution is -2.63. The number of hydrogen-bond donors (Lipinski definition) is 0. The summed E-state index contributed by atoms with van der Waals surface area (Å²) in [5, 5.41) is 0. The Kier molecular flexibility index (Phi) is 12.7. The molecule has 2 heterocycles. The molecule has 9 atom stereocenters. The lowest BCUT2D eigenvalue weighted by atomic mass is 9.83. The average molecular weight is 735 g/mol. The van der Waals surface area contributed by atoms with E-state index in [9.17, 15) is 38.4 Å². The van der Waals surface area contributed by atoms with Crippen molar-refractivity contribution in [2.45, 2.75) is 85.0 Å². The molecule has 0 aromatic heterocycles. The minimum Gasteiger partial charge on any atom is -0.472 e. The van der Waals surface area contributed by atoms with Gasteiger partial charge in [0.05, 0.1) is 18.9 Å².